The van der Waals surface area contributed by atoms with E-state index < -0.39 is 10.0 Å². The van der Waals surface area contributed by atoms with Crippen molar-refractivity contribution in [1.29, 1.82) is 0 Å². The first kappa shape index (κ1) is 18.7. The summed E-state index contributed by atoms with van der Waals surface area (Å²) in [6.45, 7) is 0.838. The zero-order valence-electron chi connectivity index (χ0n) is 13.1. The Bertz CT molecular complexity index is 816. The van der Waals surface area contributed by atoms with E-state index in [-0.39, 0.29) is 36.2 Å². The summed E-state index contributed by atoms with van der Waals surface area (Å²) in [4.78, 5) is -0.0411. The smallest absolute Gasteiger partial charge is 0.243 e. The van der Waals surface area contributed by atoms with Crippen LogP contribution in [0.3, 0.4) is 0 Å². The molecule has 0 unspecified atom stereocenters. The van der Waals surface area contributed by atoms with E-state index in [0.717, 1.165) is 4.31 Å². The number of aliphatic hydroxyl groups excluding tert-OH is 2. The predicted molar refractivity (Wildman–Crippen MR) is 90.7 cm³/mol. The average Bonchev–Trinajstić information content (AvgIpc) is 2.85. The molecule has 2 rings (SSSR count). The molecule has 0 atom stereocenters. The van der Waals surface area contributed by atoms with Gasteiger partial charge in [0.25, 0.3) is 0 Å². The fraction of sp³-hybridized carbons (Fsp3) is 0.357. The molecule has 0 bridgehead atoms. The monoisotopic (exact) mass is 374 g/mol. The lowest BCUT2D eigenvalue weighted by Crippen LogP contribution is -2.35. The molecule has 0 aliphatic rings. The van der Waals surface area contributed by atoms with Crippen LogP contribution in [-0.2, 0) is 10.0 Å². The summed E-state index contributed by atoms with van der Waals surface area (Å²) >= 11 is 6.21. The van der Waals surface area contributed by atoms with Crippen LogP contribution in [-0.4, -0.2) is 59.0 Å². The number of hydrogen-bond acceptors (Lipinski definition) is 6. The maximum absolute atomic E-state index is 12.6. The van der Waals surface area contributed by atoms with Crippen LogP contribution in [0.5, 0.6) is 0 Å². The lowest BCUT2D eigenvalue weighted by atomic mass is 10.3. The highest BCUT2D eigenvalue weighted by molar-refractivity contribution is 7.89. The van der Waals surface area contributed by atoms with Gasteiger partial charge in [0.05, 0.1) is 34.5 Å². The third kappa shape index (κ3) is 3.70. The molecule has 1 aromatic heterocycles. The fourth-order valence-corrected chi connectivity index (χ4v) is 4.03. The molecule has 8 nitrogen and oxygen atoms in total. The Kier molecular flexibility index (Phi) is 5.83. The van der Waals surface area contributed by atoms with E-state index >= 15 is 0 Å². The van der Waals surface area contributed by atoms with E-state index in [1.54, 1.807) is 13.0 Å². The third-order valence-electron chi connectivity index (χ3n) is 3.34. The minimum absolute atomic E-state index is 0.0411. The van der Waals surface area contributed by atoms with Crippen molar-refractivity contribution in [2.45, 2.75) is 11.8 Å². The molecule has 24 heavy (non-hydrogen) atoms. The number of sulfonamides is 1. The van der Waals surface area contributed by atoms with Crippen LogP contribution < -0.4 is 5.73 Å². The topological polar surface area (TPSA) is 122 Å². The third-order valence-corrected chi connectivity index (χ3v) is 5.54. The highest BCUT2D eigenvalue weighted by Crippen LogP contribution is 2.27. The number of nitrogen functional groups attached to an aromatic ring is 1. The molecular formula is C14H19ClN4O4S. The highest BCUT2D eigenvalue weighted by Gasteiger charge is 2.24. The second kappa shape index (κ2) is 7.49. The minimum Gasteiger partial charge on any atom is -0.395 e. The van der Waals surface area contributed by atoms with Gasteiger partial charge in [0.2, 0.25) is 10.0 Å². The Hall–Kier alpha value is -1.65. The lowest BCUT2D eigenvalue weighted by molar-refractivity contribution is 0.217. The van der Waals surface area contributed by atoms with E-state index in [0.29, 0.717) is 17.2 Å². The summed E-state index contributed by atoms with van der Waals surface area (Å²) in [5.41, 5.74) is 7.01. The molecule has 0 saturated heterocycles. The van der Waals surface area contributed by atoms with Crippen molar-refractivity contribution < 1.29 is 18.6 Å². The van der Waals surface area contributed by atoms with E-state index in [2.05, 4.69) is 5.10 Å². The first-order valence-corrected chi connectivity index (χ1v) is 8.97. The van der Waals surface area contributed by atoms with E-state index in [1.807, 2.05) is 0 Å². The van der Waals surface area contributed by atoms with Gasteiger partial charge in [-0.1, -0.05) is 11.6 Å². The number of halogens is 1. The van der Waals surface area contributed by atoms with Crippen molar-refractivity contribution >= 4 is 27.4 Å². The van der Waals surface area contributed by atoms with Gasteiger partial charge >= 0.3 is 0 Å². The number of hydrogen-bond donors (Lipinski definition) is 3. The molecule has 1 aromatic carbocycles. The average molecular weight is 375 g/mol. The number of nitrogens with two attached hydrogens (primary N) is 1. The Morgan fingerprint density at radius 2 is 1.88 bits per heavy atom. The quantitative estimate of drug-likeness (QED) is 0.644. The lowest BCUT2D eigenvalue weighted by Gasteiger charge is -2.20. The van der Waals surface area contributed by atoms with Gasteiger partial charge < -0.3 is 15.9 Å². The second-order valence-corrected chi connectivity index (χ2v) is 7.43. The highest BCUT2D eigenvalue weighted by atomic mass is 35.5. The zero-order chi connectivity index (χ0) is 17.9. The molecule has 0 aliphatic heterocycles. The summed E-state index contributed by atoms with van der Waals surface area (Å²) in [6, 6.07) is 5.86. The Morgan fingerprint density at radius 3 is 2.33 bits per heavy atom. The van der Waals surface area contributed by atoms with Crippen LogP contribution in [0.15, 0.2) is 29.2 Å². The predicted octanol–water partition coefficient (Wildman–Crippen LogP) is 0.392. The van der Waals surface area contributed by atoms with Gasteiger partial charge in [-0.15, -0.1) is 0 Å². The maximum Gasteiger partial charge on any atom is 0.243 e. The molecule has 0 saturated carbocycles. The van der Waals surface area contributed by atoms with Crippen LogP contribution in [0, 0.1) is 6.92 Å². The summed E-state index contributed by atoms with van der Waals surface area (Å²) in [7, 11) is -3.88. The van der Waals surface area contributed by atoms with Crippen LogP contribution >= 0.6 is 11.6 Å². The van der Waals surface area contributed by atoms with Crippen molar-refractivity contribution in [3.8, 4) is 5.69 Å². The number of rotatable bonds is 7. The largest absolute Gasteiger partial charge is 0.395 e. The van der Waals surface area contributed by atoms with E-state index in [9.17, 15) is 8.42 Å². The van der Waals surface area contributed by atoms with E-state index in [4.69, 9.17) is 27.5 Å². The van der Waals surface area contributed by atoms with Gasteiger partial charge in [0, 0.05) is 19.2 Å². The molecule has 0 radical (unpaired) electrons. The standard InChI is InChI=1S/C14H19ClN4O4S/c1-10-8-14(16)19(17-10)13-3-2-11(9-12(13)15)24(22,23)18(4-6-20)5-7-21/h2-3,8-9,20-21H,4-7,16H2,1H3. The minimum atomic E-state index is -3.88. The van der Waals surface area contributed by atoms with Gasteiger partial charge in [-0.25, -0.2) is 13.1 Å². The molecule has 0 aliphatic carbocycles. The van der Waals surface area contributed by atoms with Crippen molar-refractivity contribution in [3.63, 3.8) is 0 Å². The number of anilines is 1. The Labute approximate surface area is 145 Å². The number of nitrogens with zero attached hydrogens (tertiary/aromatic N) is 3. The molecule has 0 amide bonds. The second-order valence-electron chi connectivity index (χ2n) is 5.09. The summed E-state index contributed by atoms with van der Waals surface area (Å²) in [5.74, 6) is 0.382. The van der Waals surface area contributed by atoms with Crippen LogP contribution in [0.1, 0.15) is 5.69 Å². The number of aryl methyl sites for hydroxylation is 1. The molecule has 0 fully saturated rings. The molecule has 0 spiro atoms. The van der Waals surface area contributed by atoms with Gasteiger partial charge in [0.15, 0.2) is 0 Å². The SMILES string of the molecule is Cc1cc(N)n(-c2ccc(S(=O)(=O)N(CCO)CCO)cc2Cl)n1. The summed E-state index contributed by atoms with van der Waals surface area (Å²) < 4.78 is 27.6. The normalized spacial score (nSPS) is 12.0. The zero-order valence-corrected chi connectivity index (χ0v) is 14.6. The van der Waals surface area contributed by atoms with Gasteiger partial charge in [-0.2, -0.15) is 9.40 Å². The first-order chi connectivity index (χ1) is 11.3. The van der Waals surface area contributed by atoms with Crippen LogP contribution in [0.25, 0.3) is 5.69 Å². The van der Waals surface area contributed by atoms with Gasteiger partial charge in [-0.3, -0.25) is 0 Å². The Balaban J connectivity index is 2.43. The van der Waals surface area contributed by atoms with Gasteiger partial charge in [0.1, 0.15) is 5.82 Å². The van der Waals surface area contributed by atoms with E-state index in [1.165, 1.54) is 22.9 Å². The summed E-state index contributed by atoms with van der Waals surface area (Å²) in [6.07, 6.45) is 0. The van der Waals surface area contributed by atoms with Crippen LogP contribution in [0.4, 0.5) is 5.82 Å². The molecule has 1 heterocycles. The maximum atomic E-state index is 12.6. The van der Waals surface area contributed by atoms with Crippen molar-refractivity contribution in [3.05, 3.63) is 35.0 Å². The summed E-state index contributed by atoms with van der Waals surface area (Å²) in [5, 5.41) is 22.4. The number of aliphatic hydroxyl groups is 2. The molecule has 2 aromatic rings. The van der Waals surface area contributed by atoms with Crippen molar-refractivity contribution in [2.75, 3.05) is 32.0 Å². The van der Waals surface area contributed by atoms with Crippen molar-refractivity contribution in [2.24, 2.45) is 0 Å². The molecule has 4 N–H and O–H groups in total. The van der Waals surface area contributed by atoms with Gasteiger partial charge in [-0.05, 0) is 25.1 Å². The van der Waals surface area contributed by atoms with Crippen molar-refractivity contribution in [1.82, 2.24) is 14.1 Å². The number of benzene rings is 1. The fourth-order valence-electron chi connectivity index (χ4n) is 2.26. The molecule has 132 valence electrons. The Morgan fingerprint density at radius 1 is 1.25 bits per heavy atom. The first-order valence-electron chi connectivity index (χ1n) is 7.15. The molecular weight excluding hydrogens is 356 g/mol. The molecule has 10 heteroatoms. The number of aromatic nitrogens is 2. The van der Waals surface area contributed by atoms with Crippen LogP contribution in [0.2, 0.25) is 5.02 Å².